The molecule has 0 aromatic heterocycles. The summed E-state index contributed by atoms with van der Waals surface area (Å²) in [6, 6.07) is 0. The minimum absolute atomic E-state index is 0.0796. The third kappa shape index (κ3) is 8.93. The van der Waals surface area contributed by atoms with E-state index in [0.29, 0.717) is 23.2 Å². The third-order valence-electron chi connectivity index (χ3n) is 13.9. The molecule has 1 N–H and O–H groups in total. The van der Waals surface area contributed by atoms with Crippen molar-refractivity contribution in [1.29, 1.82) is 0 Å². The summed E-state index contributed by atoms with van der Waals surface area (Å²) in [6.07, 6.45) is 17.5. The van der Waals surface area contributed by atoms with Crippen LogP contribution in [0.3, 0.4) is 0 Å². The van der Waals surface area contributed by atoms with Gasteiger partial charge in [0.1, 0.15) is 5.60 Å². The van der Waals surface area contributed by atoms with E-state index < -0.39 is 22.2 Å². The van der Waals surface area contributed by atoms with Crippen LogP contribution in [0.25, 0.3) is 0 Å². The number of hydrogen-bond acceptors (Lipinski definition) is 3. The average Bonchev–Trinajstić information content (AvgIpc) is 3.25. The van der Waals surface area contributed by atoms with Crippen LogP contribution < -0.4 is 0 Å². The Morgan fingerprint density at radius 2 is 1.39 bits per heavy atom. The highest BCUT2D eigenvalue weighted by atomic mass is 28.4. The van der Waals surface area contributed by atoms with Crippen molar-refractivity contribution < 1.29 is 14.0 Å². The molecular formula is C41H78O3Si2. The van der Waals surface area contributed by atoms with Crippen molar-refractivity contribution in [2.45, 2.75) is 208 Å². The molecule has 0 heterocycles. The molecule has 0 bridgehead atoms. The van der Waals surface area contributed by atoms with Gasteiger partial charge in [-0.2, -0.15) is 0 Å². The highest BCUT2D eigenvalue weighted by Gasteiger charge is 2.54. The topological polar surface area (TPSA) is 38.7 Å². The molecule has 6 atom stereocenters. The average molecular weight is 675 g/mol. The van der Waals surface area contributed by atoms with E-state index in [1.54, 1.807) is 5.57 Å². The summed E-state index contributed by atoms with van der Waals surface area (Å²) in [4.78, 5) is 0. The molecule has 3 rings (SSSR count). The second-order valence-corrected chi connectivity index (χ2v) is 30.1. The molecule has 0 saturated heterocycles. The van der Waals surface area contributed by atoms with Gasteiger partial charge in [-0.05, 0) is 123 Å². The van der Waals surface area contributed by atoms with Crippen molar-refractivity contribution in [3.8, 4) is 0 Å². The van der Waals surface area contributed by atoms with Crippen LogP contribution in [0.15, 0.2) is 23.3 Å². The van der Waals surface area contributed by atoms with Gasteiger partial charge in [0, 0.05) is 0 Å². The van der Waals surface area contributed by atoms with Crippen LogP contribution in [-0.4, -0.2) is 39.6 Å². The van der Waals surface area contributed by atoms with Crippen LogP contribution in [0.4, 0.5) is 0 Å². The second-order valence-electron chi connectivity index (χ2n) is 20.6. The normalized spacial score (nSPS) is 33.3. The molecule has 0 aliphatic heterocycles. The first-order valence-corrected chi connectivity index (χ1v) is 25.1. The minimum atomic E-state index is -2.12. The summed E-state index contributed by atoms with van der Waals surface area (Å²) in [7, 11) is -4.24. The molecule has 46 heavy (non-hydrogen) atoms. The van der Waals surface area contributed by atoms with Gasteiger partial charge in [0.05, 0.1) is 12.2 Å². The molecule has 3 aliphatic rings. The first kappa shape index (κ1) is 40.2. The molecule has 0 aromatic carbocycles. The number of hydrogen-bond donors (Lipinski definition) is 1. The lowest BCUT2D eigenvalue weighted by atomic mass is 9.60. The SMILES string of the molecule is CCC1(O)[C@H](O[Si](C)(C)C(C)(C)C)CC(=C/C=C2\CCCC3(C)C2CCC3[C@@H](C)CCCC(C)(C)C)C[C@H]1O[Si](C)(C)C(C)(C)C. The maximum Gasteiger partial charge on any atom is 0.192 e. The molecule has 3 fully saturated rings. The van der Waals surface area contributed by atoms with E-state index in [1.165, 1.54) is 56.9 Å². The fourth-order valence-electron chi connectivity index (χ4n) is 8.66. The van der Waals surface area contributed by atoms with E-state index in [0.717, 1.165) is 24.7 Å². The largest absolute Gasteiger partial charge is 0.411 e. The van der Waals surface area contributed by atoms with Crippen molar-refractivity contribution in [1.82, 2.24) is 0 Å². The Hall–Kier alpha value is -0.206. The first-order valence-electron chi connectivity index (χ1n) is 19.2. The van der Waals surface area contributed by atoms with Gasteiger partial charge in [0.15, 0.2) is 16.6 Å². The lowest BCUT2D eigenvalue weighted by Crippen LogP contribution is -2.63. The molecule has 0 spiro atoms. The highest BCUT2D eigenvalue weighted by Crippen LogP contribution is 2.60. The molecule has 0 radical (unpaired) electrons. The molecule has 0 amide bonds. The number of rotatable bonds is 10. The third-order valence-corrected chi connectivity index (χ3v) is 22.9. The Morgan fingerprint density at radius 3 is 1.85 bits per heavy atom. The molecule has 3 aliphatic carbocycles. The molecule has 0 aromatic rings. The Balaban J connectivity index is 1.92. The van der Waals surface area contributed by atoms with Crippen LogP contribution in [0.5, 0.6) is 0 Å². The highest BCUT2D eigenvalue weighted by molar-refractivity contribution is 6.74. The molecule has 3 nitrogen and oxygen atoms in total. The predicted octanol–water partition coefficient (Wildman–Crippen LogP) is 12.6. The van der Waals surface area contributed by atoms with Gasteiger partial charge in [-0.3, -0.25) is 0 Å². The monoisotopic (exact) mass is 675 g/mol. The van der Waals surface area contributed by atoms with E-state index in [9.17, 15) is 5.11 Å². The van der Waals surface area contributed by atoms with Crippen molar-refractivity contribution in [2.75, 3.05) is 0 Å². The maximum atomic E-state index is 12.5. The van der Waals surface area contributed by atoms with Gasteiger partial charge < -0.3 is 14.0 Å². The van der Waals surface area contributed by atoms with Crippen LogP contribution in [-0.2, 0) is 8.85 Å². The number of aliphatic hydroxyl groups is 1. The van der Waals surface area contributed by atoms with Crippen molar-refractivity contribution in [3.05, 3.63) is 23.3 Å². The van der Waals surface area contributed by atoms with Gasteiger partial charge >= 0.3 is 0 Å². The van der Waals surface area contributed by atoms with Crippen LogP contribution in [0.2, 0.25) is 36.3 Å². The maximum absolute atomic E-state index is 12.5. The van der Waals surface area contributed by atoms with E-state index in [2.05, 4.69) is 121 Å². The van der Waals surface area contributed by atoms with Crippen molar-refractivity contribution >= 4 is 16.6 Å². The summed E-state index contributed by atoms with van der Waals surface area (Å²) < 4.78 is 14.3. The standard InChI is InChI=1S/C41H78O3Si2/c1-17-41(42)35(43-45(13,14)38(6,7)8)28-31(29-36(41)44-46(15,16)39(9,10)11)22-23-32-21-19-27-40(12)33(24-25-34(32)40)30(2)20-18-26-37(3,4)5/h22-23,30,33-36,42H,17-21,24-29H2,1-16H3/b31-22?,32-23+/t30-,33?,34?,35+,36+,40?,41?/m0/s1. The molecule has 5 heteroatoms. The van der Waals surface area contributed by atoms with E-state index >= 15 is 0 Å². The van der Waals surface area contributed by atoms with Crippen molar-refractivity contribution in [3.63, 3.8) is 0 Å². The summed E-state index contributed by atoms with van der Waals surface area (Å²) in [5, 5.41) is 12.6. The smallest absolute Gasteiger partial charge is 0.192 e. The minimum Gasteiger partial charge on any atom is -0.411 e. The molecule has 268 valence electrons. The summed E-state index contributed by atoms with van der Waals surface area (Å²) in [5.41, 5.74) is 2.97. The Labute approximate surface area is 289 Å². The fourth-order valence-corrected chi connectivity index (χ4v) is 11.4. The summed E-state index contributed by atoms with van der Waals surface area (Å²) in [5.74, 6) is 2.36. The lowest BCUT2D eigenvalue weighted by Gasteiger charge is -2.52. The van der Waals surface area contributed by atoms with Crippen LogP contribution in [0.1, 0.15) is 154 Å². The Bertz CT molecular complexity index is 1040. The molecular weight excluding hydrogens is 597 g/mol. The van der Waals surface area contributed by atoms with Crippen molar-refractivity contribution in [2.24, 2.45) is 28.6 Å². The van der Waals surface area contributed by atoms with Gasteiger partial charge in [0.25, 0.3) is 0 Å². The van der Waals surface area contributed by atoms with Gasteiger partial charge in [-0.1, -0.05) is 119 Å². The van der Waals surface area contributed by atoms with E-state index in [-0.39, 0.29) is 22.3 Å². The quantitative estimate of drug-likeness (QED) is 0.234. The Kier molecular flexibility index (Phi) is 12.4. The predicted molar refractivity (Wildman–Crippen MR) is 205 cm³/mol. The molecule has 3 saturated carbocycles. The summed E-state index contributed by atoms with van der Waals surface area (Å²) >= 11 is 0. The number of fused-ring (bicyclic) bond motifs is 1. The lowest BCUT2D eigenvalue weighted by molar-refractivity contribution is -0.148. The zero-order valence-electron chi connectivity index (χ0n) is 33.6. The van der Waals surface area contributed by atoms with Gasteiger partial charge in [0.2, 0.25) is 0 Å². The second kappa shape index (κ2) is 14.2. The zero-order valence-corrected chi connectivity index (χ0v) is 35.6. The Morgan fingerprint density at radius 1 is 0.870 bits per heavy atom. The van der Waals surface area contributed by atoms with Gasteiger partial charge in [-0.15, -0.1) is 0 Å². The van der Waals surface area contributed by atoms with Gasteiger partial charge in [-0.25, -0.2) is 0 Å². The van der Waals surface area contributed by atoms with Crippen LogP contribution in [0, 0.1) is 28.6 Å². The summed E-state index contributed by atoms with van der Waals surface area (Å²) in [6.45, 7) is 37.6. The molecule has 3 unspecified atom stereocenters. The van der Waals surface area contributed by atoms with E-state index in [1.807, 2.05) is 0 Å². The van der Waals surface area contributed by atoms with E-state index in [4.69, 9.17) is 8.85 Å². The first-order chi connectivity index (χ1) is 20.8. The zero-order chi connectivity index (χ0) is 35.1. The fraction of sp³-hybridized carbons (Fsp3) is 0.902. The number of allylic oxidation sites excluding steroid dienone is 3. The van der Waals surface area contributed by atoms with Crippen LogP contribution >= 0.6 is 0 Å².